The van der Waals surface area contributed by atoms with Gasteiger partial charge in [0.15, 0.2) is 5.82 Å². The molecule has 1 aromatic heterocycles. The van der Waals surface area contributed by atoms with Crippen molar-refractivity contribution in [3.63, 3.8) is 0 Å². The molecule has 1 aliphatic heterocycles. The molecule has 5 nitrogen and oxygen atoms in total. The zero-order valence-corrected chi connectivity index (χ0v) is 12.2. The van der Waals surface area contributed by atoms with E-state index in [0.29, 0.717) is 17.9 Å². The Morgan fingerprint density at radius 1 is 1.45 bits per heavy atom. The number of anilines is 1. The molecule has 1 atom stereocenters. The predicted molar refractivity (Wildman–Crippen MR) is 80.2 cm³/mol. The van der Waals surface area contributed by atoms with Crippen LogP contribution in [0, 0.1) is 0 Å². The van der Waals surface area contributed by atoms with Crippen LogP contribution >= 0.6 is 0 Å². The van der Waals surface area contributed by atoms with Crippen molar-refractivity contribution < 1.29 is 0 Å². The fraction of sp³-hybridized carbons (Fsp3) is 0.733. The van der Waals surface area contributed by atoms with Gasteiger partial charge in [0.25, 0.3) is 5.56 Å². The lowest BCUT2D eigenvalue weighted by molar-refractivity contribution is 0.568. The molecule has 0 amide bonds. The minimum absolute atomic E-state index is 0.0687. The highest BCUT2D eigenvalue weighted by Crippen LogP contribution is 2.29. The molecule has 2 heterocycles. The molecule has 1 saturated carbocycles. The Labute approximate surface area is 120 Å². The van der Waals surface area contributed by atoms with Crippen molar-refractivity contribution in [2.75, 3.05) is 18.0 Å². The highest BCUT2D eigenvalue weighted by atomic mass is 16.1. The van der Waals surface area contributed by atoms with Crippen LogP contribution in [-0.4, -0.2) is 34.7 Å². The molecule has 5 heteroatoms. The van der Waals surface area contributed by atoms with Gasteiger partial charge in [0.1, 0.15) is 0 Å². The van der Waals surface area contributed by atoms with Gasteiger partial charge in [0.05, 0.1) is 0 Å². The van der Waals surface area contributed by atoms with Gasteiger partial charge in [-0.3, -0.25) is 4.79 Å². The van der Waals surface area contributed by atoms with E-state index in [1.165, 1.54) is 25.7 Å². The first kappa shape index (κ1) is 13.6. The summed E-state index contributed by atoms with van der Waals surface area (Å²) in [5.74, 6) is 0.650. The zero-order chi connectivity index (χ0) is 13.9. The summed E-state index contributed by atoms with van der Waals surface area (Å²) >= 11 is 0. The third-order valence-electron chi connectivity index (χ3n) is 4.20. The van der Waals surface area contributed by atoms with Crippen LogP contribution in [0.3, 0.4) is 0 Å². The van der Waals surface area contributed by atoms with Gasteiger partial charge in [-0.2, -0.15) is 0 Å². The van der Waals surface area contributed by atoms with E-state index in [-0.39, 0.29) is 5.56 Å². The van der Waals surface area contributed by atoms with E-state index < -0.39 is 0 Å². The molecule has 20 heavy (non-hydrogen) atoms. The first-order valence-electron chi connectivity index (χ1n) is 7.85. The minimum Gasteiger partial charge on any atom is -0.347 e. The normalized spacial score (nSPS) is 22.1. The van der Waals surface area contributed by atoms with E-state index in [4.69, 9.17) is 0 Å². The van der Waals surface area contributed by atoms with Crippen molar-refractivity contribution in [2.24, 2.45) is 0 Å². The Kier molecular flexibility index (Phi) is 4.05. The lowest BCUT2D eigenvalue weighted by atomic mass is 10.2. The Bertz CT molecular complexity index is 503. The maximum absolute atomic E-state index is 12.5. The summed E-state index contributed by atoms with van der Waals surface area (Å²) in [5, 5.41) is 3.52. The summed E-state index contributed by atoms with van der Waals surface area (Å²) < 4.78 is 1.79. The quantitative estimate of drug-likeness (QED) is 0.852. The molecule has 110 valence electrons. The maximum atomic E-state index is 12.5. The SMILES string of the molecule is CCCn1ccnc(N(CC2CCCN2)C2CC2)c1=O. The van der Waals surface area contributed by atoms with Crippen molar-refractivity contribution in [1.82, 2.24) is 14.9 Å². The van der Waals surface area contributed by atoms with Gasteiger partial charge in [-0.25, -0.2) is 4.98 Å². The molecule has 1 N–H and O–H groups in total. The average Bonchev–Trinajstić information content (AvgIpc) is 3.16. The average molecular weight is 276 g/mol. The second kappa shape index (κ2) is 5.95. The van der Waals surface area contributed by atoms with Gasteiger partial charge >= 0.3 is 0 Å². The lowest BCUT2D eigenvalue weighted by Crippen LogP contribution is -2.42. The molecule has 1 saturated heterocycles. The fourth-order valence-electron chi connectivity index (χ4n) is 2.99. The van der Waals surface area contributed by atoms with Crippen molar-refractivity contribution in [3.05, 3.63) is 22.7 Å². The van der Waals surface area contributed by atoms with Crippen LogP contribution in [0.15, 0.2) is 17.2 Å². The summed E-state index contributed by atoms with van der Waals surface area (Å²) in [6.07, 6.45) is 9.37. The standard InChI is InChI=1S/C15H24N4O/c1-2-9-18-10-8-17-14(15(18)20)19(13-5-6-13)11-12-4-3-7-16-12/h8,10,12-13,16H,2-7,9,11H2,1H3. The van der Waals surface area contributed by atoms with Gasteiger partial charge in [0.2, 0.25) is 0 Å². The molecule has 1 aliphatic carbocycles. The van der Waals surface area contributed by atoms with Gasteiger partial charge in [-0.15, -0.1) is 0 Å². The number of rotatable bonds is 6. The van der Waals surface area contributed by atoms with Crippen LogP contribution in [0.25, 0.3) is 0 Å². The predicted octanol–water partition coefficient (Wildman–Crippen LogP) is 1.37. The smallest absolute Gasteiger partial charge is 0.293 e. The fourth-order valence-corrected chi connectivity index (χ4v) is 2.99. The zero-order valence-electron chi connectivity index (χ0n) is 12.2. The number of hydrogen-bond acceptors (Lipinski definition) is 4. The van der Waals surface area contributed by atoms with Crippen LogP contribution in [0.4, 0.5) is 5.82 Å². The van der Waals surface area contributed by atoms with E-state index in [1.807, 2.05) is 0 Å². The molecule has 0 bridgehead atoms. The van der Waals surface area contributed by atoms with Crippen LogP contribution < -0.4 is 15.8 Å². The van der Waals surface area contributed by atoms with Gasteiger partial charge in [-0.05, 0) is 38.6 Å². The number of nitrogens with zero attached hydrogens (tertiary/aromatic N) is 3. The van der Waals surface area contributed by atoms with Crippen molar-refractivity contribution in [3.8, 4) is 0 Å². The second-order valence-electron chi connectivity index (χ2n) is 5.93. The third-order valence-corrected chi connectivity index (χ3v) is 4.20. The summed E-state index contributed by atoms with van der Waals surface area (Å²) in [6.45, 7) is 4.89. The summed E-state index contributed by atoms with van der Waals surface area (Å²) in [6, 6.07) is 1.03. The Hall–Kier alpha value is -1.36. The third kappa shape index (κ3) is 2.87. The molecule has 0 spiro atoms. The van der Waals surface area contributed by atoms with Crippen LogP contribution in [0.2, 0.25) is 0 Å². The van der Waals surface area contributed by atoms with Gasteiger partial charge in [0, 0.05) is 37.6 Å². The van der Waals surface area contributed by atoms with E-state index >= 15 is 0 Å². The van der Waals surface area contributed by atoms with E-state index in [2.05, 4.69) is 22.1 Å². The lowest BCUT2D eigenvalue weighted by Gasteiger charge is -2.26. The molecule has 1 unspecified atom stereocenters. The van der Waals surface area contributed by atoms with Crippen LogP contribution in [0.5, 0.6) is 0 Å². The first-order chi connectivity index (χ1) is 9.79. The van der Waals surface area contributed by atoms with E-state index in [1.54, 1.807) is 17.0 Å². The van der Waals surface area contributed by atoms with Gasteiger partial charge < -0.3 is 14.8 Å². The van der Waals surface area contributed by atoms with Crippen molar-refractivity contribution in [1.29, 1.82) is 0 Å². The van der Waals surface area contributed by atoms with Crippen molar-refractivity contribution >= 4 is 5.82 Å². The number of aryl methyl sites for hydroxylation is 1. The van der Waals surface area contributed by atoms with E-state index in [9.17, 15) is 4.79 Å². The highest BCUT2D eigenvalue weighted by Gasteiger charge is 2.33. The molecule has 3 rings (SSSR count). The summed E-state index contributed by atoms with van der Waals surface area (Å²) in [4.78, 5) is 19.2. The molecular formula is C15H24N4O. The Balaban J connectivity index is 1.83. The molecule has 2 fully saturated rings. The largest absolute Gasteiger partial charge is 0.347 e. The van der Waals surface area contributed by atoms with Crippen LogP contribution in [0.1, 0.15) is 39.0 Å². The Morgan fingerprint density at radius 2 is 2.30 bits per heavy atom. The molecule has 0 radical (unpaired) electrons. The minimum atomic E-state index is 0.0687. The molecule has 0 aromatic carbocycles. The summed E-state index contributed by atoms with van der Waals surface area (Å²) in [7, 11) is 0. The topological polar surface area (TPSA) is 50.2 Å². The second-order valence-corrected chi connectivity index (χ2v) is 5.93. The van der Waals surface area contributed by atoms with Crippen LogP contribution in [-0.2, 0) is 6.54 Å². The number of hydrogen-bond donors (Lipinski definition) is 1. The monoisotopic (exact) mass is 276 g/mol. The summed E-state index contributed by atoms with van der Waals surface area (Å²) in [5.41, 5.74) is 0.0687. The Morgan fingerprint density at radius 3 is 2.95 bits per heavy atom. The maximum Gasteiger partial charge on any atom is 0.293 e. The highest BCUT2D eigenvalue weighted by molar-refractivity contribution is 5.39. The van der Waals surface area contributed by atoms with E-state index in [0.717, 1.165) is 26.1 Å². The van der Waals surface area contributed by atoms with Crippen molar-refractivity contribution in [2.45, 2.75) is 57.7 Å². The van der Waals surface area contributed by atoms with Gasteiger partial charge in [-0.1, -0.05) is 6.92 Å². The number of nitrogens with one attached hydrogen (secondary N) is 1. The number of aromatic nitrogens is 2. The first-order valence-corrected chi connectivity index (χ1v) is 7.85. The molecule has 2 aliphatic rings. The molecule has 1 aromatic rings. The molecular weight excluding hydrogens is 252 g/mol.